The monoisotopic (exact) mass is 270 g/mol. The second-order valence-corrected chi connectivity index (χ2v) is 5.83. The van der Waals surface area contributed by atoms with Gasteiger partial charge in [0, 0.05) is 17.8 Å². The van der Waals surface area contributed by atoms with Gasteiger partial charge in [0.1, 0.15) is 0 Å². The first-order chi connectivity index (χ1) is 9.81. The minimum atomic E-state index is 0.155. The largest absolute Gasteiger partial charge is 0.361 e. The van der Waals surface area contributed by atoms with Gasteiger partial charge in [-0.05, 0) is 35.9 Å². The van der Waals surface area contributed by atoms with Crippen molar-refractivity contribution in [3.63, 3.8) is 0 Å². The summed E-state index contributed by atoms with van der Waals surface area (Å²) in [7, 11) is 0. The molecule has 1 saturated carbocycles. The summed E-state index contributed by atoms with van der Waals surface area (Å²) in [6, 6.07) is 8.62. The molecular formula is C17H22N2O. The summed E-state index contributed by atoms with van der Waals surface area (Å²) < 4.78 is 0. The Labute approximate surface area is 119 Å². The van der Waals surface area contributed by atoms with Crippen molar-refractivity contribution in [2.24, 2.45) is 0 Å². The first-order valence-corrected chi connectivity index (χ1v) is 7.67. The van der Waals surface area contributed by atoms with E-state index in [4.69, 9.17) is 0 Å². The molecule has 3 nitrogen and oxygen atoms in total. The molecule has 106 valence electrons. The molecule has 1 aromatic heterocycles. The molecule has 2 N–H and O–H groups in total. The van der Waals surface area contributed by atoms with Crippen molar-refractivity contribution in [1.82, 2.24) is 10.3 Å². The summed E-state index contributed by atoms with van der Waals surface area (Å²) in [5, 5.41) is 4.39. The van der Waals surface area contributed by atoms with Crippen LogP contribution in [0.3, 0.4) is 0 Å². The summed E-state index contributed by atoms with van der Waals surface area (Å²) in [5.41, 5.74) is 2.18. The maximum Gasteiger partial charge on any atom is 0.224 e. The van der Waals surface area contributed by atoms with Gasteiger partial charge in [-0.15, -0.1) is 0 Å². The van der Waals surface area contributed by atoms with Crippen molar-refractivity contribution < 1.29 is 4.79 Å². The van der Waals surface area contributed by atoms with Crippen LogP contribution in [-0.2, 0) is 11.2 Å². The average molecular weight is 270 g/mol. The van der Waals surface area contributed by atoms with E-state index in [1.54, 1.807) is 0 Å². The number of carbonyl (C=O) groups excluding carboxylic acids is 1. The van der Waals surface area contributed by atoms with Crippen LogP contribution in [0.5, 0.6) is 0 Å². The summed E-state index contributed by atoms with van der Waals surface area (Å²) in [4.78, 5) is 15.3. The van der Waals surface area contributed by atoms with Gasteiger partial charge >= 0.3 is 0 Å². The number of aromatic nitrogens is 1. The van der Waals surface area contributed by atoms with Gasteiger partial charge in [0.2, 0.25) is 5.91 Å². The van der Waals surface area contributed by atoms with Crippen LogP contribution in [0.1, 0.15) is 44.1 Å². The van der Waals surface area contributed by atoms with Gasteiger partial charge in [0.05, 0.1) is 6.42 Å². The summed E-state index contributed by atoms with van der Waals surface area (Å²) in [6.45, 7) is 0. The lowest BCUT2D eigenvalue weighted by molar-refractivity contribution is -0.121. The lowest BCUT2D eigenvalue weighted by atomic mass is 10.1. The highest BCUT2D eigenvalue weighted by molar-refractivity contribution is 5.83. The summed E-state index contributed by atoms with van der Waals surface area (Å²) >= 11 is 0. The zero-order valence-electron chi connectivity index (χ0n) is 11.8. The highest BCUT2D eigenvalue weighted by Crippen LogP contribution is 2.18. The van der Waals surface area contributed by atoms with Crippen LogP contribution < -0.4 is 5.32 Å². The van der Waals surface area contributed by atoms with Crippen LogP contribution >= 0.6 is 0 Å². The number of hydrogen-bond acceptors (Lipinski definition) is 1. The maximum absolute atomic E-state index is 12.1. The number of carbonyl (C=O) groups is 1. The van der Waals surface area contributed by atoms with Gasteiger partial charge in [0.25, 0.3) is 0 Å². The molecule has 0 unspecified atom stereocenters. The smallest absolute Gasteiger partial charge is 0.224 e. The molecule has 0 bridgehead atoms. The standard InChI is InChI=1S/C17H22N2O/c20-17(19-15-5-3-1-2-4-6-15)12-13-7-8-14-9-10-18-16(14)11-13/h7-11,15,18H,1-6,12H2,(H,19,20). The molecule has 1 amide bonds. The average Bonchev–Trinajstić information content (AvgIpc) is 2.75. The highest BCUT2D eigenvalue weighted by atomic mass is 16.1. The van der Waals surface area contributed by atoms with E-state index < -0.39 is 0 Å². The fourth-order valence-corrected chi connectivity index (χ4v) is 3.09. The minimum Gasteiger partial charge on any atom is -0.361 e. The molecule has 0 atom stereocenters. The van der Waals surface area contributed by atoms with Crippen LogP contribution in [0.2, 0.25) is 0 Å². The van der Waals surface area contributed by atoms with E-state index in [0.29, 0.717) is 12.5 Å². The van der Waals surface area contributed by atoms with E-state index in [2.05, 4.69) is 22.4 Å². The zero-order valence-corrected chi connectivity index (χ0v) is 11.8. The van der Waals surface area contributed by atoms with Crippen molar-refractivity contribution in [3.05, 3.63) is 36.0 Å². The Hall–Kier alpha value is -1.77. The normalized spacial score (nSPS) is 17.0. The van der Waals surface area contributed by atoms with Gasteiger partial charge in [-0.2, -0.15) is 0 Å². The molecule has 0 saturated heterocycles. The van der Waals surface area contributed by atoms with Crippen molar-refractivity contribution in [1.29, 1.82) is 0 Å². The van der Waals surface area contributed by atoms with E-state index in [-0.39, 0.29) is 5.91 Å². The molecule has 20 heavy (non-hydrogen) atoms. The molecule has 1 aromatic carbocycles. The number of hydrogen-bond donors (Lipinski definition) is 2. The van der Waals surface area contributed by atoms with Crippen molar-refractivity contribution >= 4 is 16.8 Å². The van der Waals surface area contributed by atoms with E-state index in [1.165, 1.54) is 31.1 Å². The van der Waals surface area contributed by atoms with Crippen LogP contribution in [0, 0.1) is 0 Å². The molecule has 3 rings (SSSR count). The van der Waals surface area contributed by atoms with Gasteiger partial charge in [0.15, 0.2) is 0 Å². The van der Waals surface area contributed by atoms with E-state index in [1.807, 2.05) is 18.3 Å². The number of aromatic amines is 1. The predicted molar refractivity (Wildman–Crippen MR) is 81.6 cm³/mol. The fraction of sp³-hybridized carbons (Fsp3) is 0.471. The summed E-state index contributed by atoms with van der Waals surface area (Å²) in [6.07, 6.45) is 9.82. The Morgan fingerprint density at radius 2 is 1.95 bits per heavy atom. The highest BCUT2D eigenvalue weighted by Gasteiger charge is 2.14. The lowest BCUT2D eigenvalue weighted by Gasteiger charge is -2.16. The molecular weight excluding hydrogens is 248 g/mol. The maximum atomic E-state index is 12.1. The van der Waals surface area contributed by atoms with Gasteiger partial charge in [-0.25, -0.2) is 0 Å². The second-order valence-electron chi connectivity index (χ2n) is 5.83. The van der Waals surface area contributed by atoms with Crippen molar-refractivity contribution in [3.8, 4) is 0 Å². The minimum absolute atomic E-state index is 0.155. The topological polar surface area (TPSA) is 44.9 Å². The third-order valence-corrected chi connectivity index (χ3v) is 4.20. The Kier molecular flexibility index (Phi) is 4.05. The SMILES string of the molecule is O=C(Cc1ccc2cc[nH]c2c1)NC1CCCCCC1. The molecule has 1 aliphatic rings. The molecule has 3 heteroatoms. The first kappa shape index (κ1) is 13.2. The quantitative estimate of drug-likeness (QED) is 0.823. The fourth-order valence-electron chi connectivity index (χ4n) is 3.09. The van der Waals surface area contributed by atoms with Crippen molar-refractivity contribution in [2.45, 2.75) is 51.0 Å². The van der Waals surface area contributed by atoms with Gasteiger partial charge in [-0.3, -0.25) is 4.79 Å². The first-order valence-electron chi connectivity index (χ1n) is 7.67. The second kappa shape index (κ2) is 6.12. The van der Waals surface area contributed by atoms with E-state index in [9.17, 15) is 4.79 Å². The van der Waals surface area contributed by atoms with Crippen LogP contribution in [-0.4, -0.2) is 16.9 Å². The van der Waals surface area contributed by atoms with Gasteiger partial charge < -0.3 is 10.3 Å². The molecule has 1 aliphatic carbocycles. The molecule has 1 fully saturated rings. The third kappa shape index (κ3) is 3.21. The number of H-pyrrole nitrogens is 1. The molecule has 1 heterocycles. The van der Waals surface area contributed by atoms with Crippen LogP contribution in [0.25, 0.3) is 10.9 Å². The van der Waals surface area contributed by atoms with Crippen molar-refractivity contribution in [2.75, 3.05) is 0 Å². The van der Waals surface area contributed by atoms with Crippen LogP contribution in [0.15, 0.2) is 30.5 Å². The Bertz CT molecular complexity index is 579. The van der Waals surface area contributed by atoms with Crippen LogP contribution in [0.4, 0.5) is 0 Å². The number of amides is 1. The number of benzene rings is 1. The molecule has 0 spiro atoms. The van der Waals surface area contributed by atoms with E-state index in [0.717, 1.165) is 23.9 Å². The number of rotatable bonds is 3. The van der Waals surface area contributed by atoms with E-state index >= 15 is 0 Å². The zero-order chi connectivity index (χ0) is 13.8. The molecule has 0 radical (unpaired) electrons. The molecule has 2 aromatic rings. The van der Waals surface area contributed by atoms with Gasteiger partial charge in [-0.1, -0.05) is 37.8 Å². The summed E-state index contributed by atoms with van der Waals surface area (Å²) in [5.74, 6) is 0.155. The number of fused-ring (bicyclic) bond motifs is 1. The molecule has 0 aliphatic heterocycles. The predicted octanol–water partition coefficient (Wildman–Crippen LogP) is 3.55. The lowest BCUT2D eigenvalue weighted by Crippen LogP contribution is -2.35. The Morgan fingerprint density at radius 1 is 1.15 bits per heavy atom. The third-order valence-electron chi connectivity index (χ3n) is 4.20. The Balaban J connectivity index is 1.59. The Morgan fingerprint density at radius 3 is 2.75 bits per heavy atom. The number of nitrogens with one attached hydrogen (secondary N) is 2.